The highest BCUT2D eigenvalue weighted by atomic mass is 19.4. The SMILES string of the molecule is CC[C@H](C)[C@H](NC(=O)c1ccc(C(F)(F)F)cc1)C(=O)O. The molecular formula is C14H16F3NO3. The average Bonchev–Trinajstić information content (AvgIpc) is 2.42. The lowest BCUT2D eigenvalue weighted by Gasteiger charge is -2.20. The lowest BCUT2D eigenvalue weighted by atomic mass is 9.99. The van der Waals surface area contributed by atoms with Crippen molar-refractivity contribution in [1.82, 2.24) is 5.32 Å². The predicted molar refractivity (Wildman–Crippen MR) is 69.8 cm³/mol. The summed E-state index contributed by atoms with van der Waals surface area (Å²) in [4.78, 5) is 23.0. The van der Waals surface area contributed by atoms with Crippen LogP contribution in [0.25, 0.3) is 0 Å². The van der Waals surface area contributed by atoms with Gasteiger partial charge in [-0.05, 0) is 30.2 Å². The maximum atomic E-state index is 12.4. The van der Waals surface area contributed by atoms with E-state index in [1.807, 2.05) is 0 Å². The molecule has 0 spiro atoms. The molecule has 0 bridgehead atoms. The maximum absolute atomic E-state index is 12.4. The Bertz CT molecular complexity index is 511. The van der Waals surface area contributed by atoms with Crippen molar-refractivity contribution in [3.63, 3.8) is 0 Å². The third-order valence-electron chi connectivity index (χ3n) is 3.24. The van der Waals surface area contributed by atoms with Gasteiger partial charge in [0.05, 0.1) is 5.56 Å². The first-order valence-electron chi connectivity index (χ1n) is 6.37. The van der Waals surface area contributed by atoms with E-state index in [0.29, 0.717) is 6.42 Å². The van der Waals surface area contributed by atoms with E-state index in [1.54, 1.807) is 13.8 Å². The number of carboxylic acids is 1. The third kappa shape index (κ3) is 4.47. The first-order chi connectivity index (χ1) is 9.66. The van der Waals surface area contributed by atoms with Gasteiger partial charge in [-0.25, -0.2) is 4.79 Å². The van der Waals surface area contributed by atoms with Crippen LogP contribution < -0.4 is 5.32 Å². The van der Waals surface area contributed by atoms with Gasteiger partial charge in [0.2, 0.25) is 0 Å². The molecule has 0 radical (unpaired) electrons. The van der Waals surface area contributed by atoms with Gasteiger partial charge in [0.1, 0.15) is 6.04 Å². The number of halogens is 3. The average molecular weight is 303 g/mol. The number of carbonyl (C=O) groups excluding carboxylic acids is 1. The van der Waals surface area contributed by atoms with Crippen molar-refractivity contribution >= 4 is 11.9 Å². The highest BCUT2D eigenvalue weighted by Gasteiger charge is 2.30. The predicted octanol–water partition coefficient (Wildman–Crippen LogP) is 2.93. The van der Waals surface area contributed by atoms with Gasteiger partial charge in [0.25, 0.3) is 5.91 Å². The zero-order valence-corrected chi connectivity index (χ0v) is 11.6. The Morgan fingerprint density at radius 3 is 2.14 bits per heavy atom. The van der Waals surface area contributed by atoms with Crippen molar-refractivity contribution < 1.29 is 27.9 Å². The van der Waals surface area contributed by atoms with Gasteiger partial charge in [0.15, 0.2) is 0 Å². The molecule has 2 atom stereocenters. The minimum absolute atomic E-state index is 0.0162. The Hall–Kier alpha value is -2.05. The van der Waals surface area contributed by atoms with Crippen LogP contribution in [-0.4, -0.2) is 23.0 Å². The smallest absolute Gasteiger partial charge is 0.416 e. The Balaban J connectivity index is 2.86. The van der Waals surface area contributed by atoms with Gasteiger partial charge in [-0.2, -0.15) is 13.2 Å². The van der Waals surface area contributed by atoms with Crippen LogP contribution in [0.4, 0.5) is 13.2 Å². The van der Waals surface area contributed by atoms with Crippen LogP contribution in [0.3, 0.4) is 0 Å². The van der Waals surface area contributed by atoms with Crippen molar-refractivity contribution in [2.24, 2.45) is 5.92 Å². The summed E-state index contributed by atoms with van der Waals surface area (Å²) in [6.07, 6.45) is -3.93. The van der Waals surface area contributed by atoms with Crippen LogP contribution in [0.5, 0.6) is 0 Å². The number of hydrogen-bond donors (Lipinski definition) is 2. The minimum atomic E-state index is -4.48. The summed E-state index contributed by atoms with van der Waals surface area (Å²) in [6, 6.07) is 2.54. The monoisotopic (exact) mass is 303 g/mol. The van der Waals surface area contributed by atoms with Crippen LogP contribution >= 0.6 is 0 Å². The van der Waals surface area contributed by atoms with E-state index >= 15 is 0 Å². The number of alkyl halides is 3. The molecule has 2 N–H and O–H groups in total. The Morgan fingerprint density at radius 1 is 1.24 bits per heavy atom. The number of aliphatic carboxylic acids is 1. The fourth-order valence-electron chi connectivity index (χ4n) is 1.72. The normalized spacial score (nSPS) is 14.3. The van der Waals surface area contributed by atoms with Crippen LogP contribution in [-0.2, 0) is 11.0 Å². The fraction of sp³-hybridized carbons (Fsp3) is 0.429. The van der Waals surface area contributed by atoms with E-state index in [2.05, 4.69) is 5.32 Å². The standard InChI is InChI=1S/C14H16F3NO3/c1-3-8(2)11(13(20)21)18-12(19)9-4-6-10(7-5-9)14(15,16)17/h4-8,11H,3H2,1-2H3,(H,18,19)(H,20,21)/t8-,11-/m0/s1. The van der Waals surface area contributed by atoms with Gasteiger partial charge in [-0.1, -0.05) is 20.3 Å². The lowest BCUT2D eigenvalue weighted by molar-refractivity contribution is -0.140. The molecule has 0 unspecified atom stereocenters. The summed E-state index contributed by atoms with van der Waals surface area (Å²) in [6.45, 7) is 3.46. The third-order valence-corrected chi connectivity index (χ3v) is 3.24. The summed E-state index contributed by atoms with van der Waals surface area (Å²) in [7, 11) is 0. The zero-order chi connectivity index (χ0) is 16.2. The summed E-state index contributed by atoms with van der Waals surface area (Å²) >= 11 is 0. The number of benzene rings is 1. The van der Waals surface area contributed by atoms with Gasteiger partial charge in [0, 0.05) is 5.56 Å². The van der Waals surface area contributed by atoms with Gasteiger partial charge >= 0.3 is 12.1 Å². The van der Waals surface area contributed by atoms with Crippen molar-refractivity contribution in [3.8, 4) is 0 Å². The fourth-order valence-corrected chi connectivity index (χ4v) is 1.72. The first kappa shape index (κ1) is 17.0. The topological polar surface area (TPSA) is 66.4 Å². The van der Waals surface area contributed by atoms with E-state index in [9.17, 15) is 22.8 Å². The summed E-state index contributed by atoms with van der Waals surface area (Å²) in [5.74, 6) is -2.18. The molecule has 0 fully saturated rings. The maximum Gasteiger partial charge on any atom is 0.416 e. The van der Waals surface area contributed by atoms with Crippen molar-refractivity contribution in [3.05, 3.63) is 35.4 Å². The number of amides is 1. The quantitative estimate of drug-likeness (QED) is 0.879. The van der Waals surface area contributed by atoms with Crippen LogP contribution in [0, 0.1) is 5.92 Å². The lowest BCUT2D eigenvalue weighted by Crippen LogP contribution is -2.45. The van der Waals surface area contributed by atoms with Gasteiger partial charge in [-0.15, -0.1) is 0 Å². The molecule has 4 nitrogen and oxygen atoms in total. The van der Waals surface area contributed by atoms with Gasteiger partial charge in [-0.3, -0.25) is 4.79 Å². The zero-order valence-electron chi connectivity index (χ0n) is 11.6. The Morgan fingerprint density at radius 2 is 1.76 bits per heavy atom. The minimum Gasteiger partial charge on any atom is -0.480 e. The highest BCUT2D eigenvalue weighted by Crippen LogP contribution is 2.29. The molecule has 1 aromatic rings. The molecule has 0 aliphatic heterocycles. The van der Waals surface area contributed by atoms with Crippen molar-refractivity contribution in [2.45, 2.75) is 32.5 Å². The van der Waals surface area contributed by atoms with E-state index in [1.165, 1.54) is 0 Å². The molecule has 0 heterocycles. The Kier molecular flexibility index (Phi) is 5.34. The molecule has 0 aliphatic rings. The highest BCUT2D eigenvalue weighted by molar-refractivity contribution is 5.96. The number of rotatable bonds is 5. The summed E-state index contributed by atoms with van der Waals surface area (Å²) < 4.78 is 37.2. The second-order valence-electron chi connectivity index (χ2n) is 4.75. The van der Waals surface area contributed by atoms with Crippen LogP contribution in [0.15, 0.2) is 24.3 Å². The molecule has 1 amide bonds. The molecule has 7 heteroatoms. The molecule has 1 rings (SSSR count). The van der Waals surface area contributed by atoms with Crippen LogP contribution in [0.2, 0.25) is 0 Å². The number of carbonyl (C=O) groups is 2. The second kappa shape index (κ2) is 6.60. The molecule has 0 saturated heterocycles. The van der Waals surface area contributed by atoms with Crippen LogP contribution in [0.1, 0.15) is 36.2 Å². The molecule has 0 aliphatic carbocycles. The first-order valence-corrected chi connectivity index (χ1v) is 6.37. The molecular weight excluding hydrogens is 287 g/mol. The Labute approximate surface area is 120 Å². The van der Waals surface area contributed by atoms with Crippen molar-refractivity contribution in [1.29, 1.82) is 0 Å². The summed E-state index contributed by atoms with van der Waals surface area (Å²) in [5, 5.41) is 11.4. The van der Waals surface area contributed by atoms with Crippen molar-refractivity contribution in [2.75, 3.05) is 0 Å². The number of nitrogens with one attached hydrogen (secondary N) is 1. The van der Waals surface area contributed by atoms with E-state index in [0.717, 1.165) is 24.3 Å². The molecule has 21 heavy (non-hydrogen) atoms. The molecule has 1 aromatic carbocycles. The largest absolute Gasteiger partial charge is 0.480 e. The second-order valence-corrected chi connectivity index (χ2v) is 4.75. The van der Waals surface area contributed by atoms with Gasteiger partial charge < -0.3 is 10.4 Å². The van der Waals surface area contributed by atoms with E-state index < -0.39 is 29.7 Å². The summed E-state index contributed by atoms with van der Waals surface area (Å²) in [5.41, 5.74) is -0.881. The number of hydrogen-bond acceptors (Lipinski definition) is 2. The van der Waals surface area contributed by atoms with E-state index in [-0.39, 0.29) is 11.5 Å². The molecule has 0 aromatic heterocycles. The molecule has 116 valence electrons. The number of carboxylic acid groups (broad SMARTS) is 1. The van der Waals surface area contributed by atoms with E-state index in [4.69, 9.17) is 5.11 Å². The molecule has 0 saturated carbocycles.